The molecule has 0 aliphatic carbocycles. The standard InChI is InChI=1S/C24H30O4Si/c1-23(2,3)29(19-12-8-6-9-13-19,20-14-10-7-11-15-20)28-21(24(4)18-27-24)16-17-22(25)26-5/h6-17,21H,18H2,1-5H3/b17-16+/t21-,24+/m1/s1. The molecule has 154 valence electrons. The van der Waals surface area contributed by atoms with Gasteiger partial charge in [-0.2, -0.15) is 0 Å². The maximum Gasteiger partial charge on any atom is 0.330 e. The molecule has 0 bridgehead atoms. The van der Waals surface area contributed by atoms with Crippen molar-refractivity contribution in [2.24, 2.45) is 0 Å². The van der Waals surface area contributed by atoms with E-state index in [1.165, 1.54) is 23.6 Å². The van der Waals surface area contributed by atoms with Crippen LogP contribution >= 0.6 is 0 Å². The van der Waals surface area contributed by atoms with E-state index in [-0.39, 0.29) is 11.1 Å². The van der Waals surface area contributed by atoms with E-state index in [1.807, 2.05) is 19.1 Å². The molecule has 1 saturated heterocycles. The molecular weight excluding hydrogens is 380 g/mol. The van der Waals surface area contributed by atoms with Crippen LogP contribution in [0.25, 0.3) is 0 Å². The van der Waals surface area contributed by atoms with Crippen LogP contribution in [-0.2, 0) is 18.7 Å². The first-order valence-electron chi connectivity index (χ1n) is 9.92. The van der Waals surface area contributed by atoms with Crippen molar-refractivity contribution in [3.63, 3.8) is 0 Å². The largest absolute Gasteiger partial charge is 0.466 e. The van der Waals surface area contributed by atoms with Crippen molar-refractivity contribution >= 4 is 24.7 Å². The van der Waals surface area contributed by atoms with Crippen molar-refractivity contribution < 1.29 is 18.7 Å². The van der Waals surface area contributed by atoms with Crippen molar-refractivity contribution in [1.29, 1.82) is 0 Å². The molecule has 2 aromatic rings. The minimum atomic E-state index is -2.75. The highest BCUT2D eigenvalue weighted by Crippen LogP contribution is 2.41. The Morgan fingerprint density at radius 2 is 1.55 bits per heavy atom. The average Bonchev–Trinajstić information content (AvgIpc) is 3.46. The molecule has 4 nitrogen and oxygen atoms in total. The van der Waals surface area contributed by atoms with Crippen LogP contribution in [0.5, 0.6) is 0 Å². The van der Waals surface area contributed by atoms with Crippen molar-refractivity contribution in [2.75, 3.05) is 13.7 Å². The molecule has 0 unspecified atom stereocenters. The van der Waals surface area contributed by atoms with Gasteiger partial charge in [-0.3, -0.25) is 0 Å². The molecular formula is C24H30O4Si. The van der Waals surface area contributed by atoms with E-state index in [1.54, 1.807) is 6.08 Å². The van der Waals surface area contributed by atoms with Crippen LogP contribution in [0, 0.1) is 0 Å². The molecule has 1 heterocycles. The fourth-order valence-electron chi connectivity index (χ4n) is 3.76. The van der Waals surface area contributed by atoms with Crippen molar-refractivity contribution in [3.05, 3.63) is 72.8 Å². The molecule has 0 spiro atoms. The van der Waals surface area contributed by atoms with Gasteiger partial charge in [-0.05, 0) is 28.4 Å². The van der Waals surface area contributed by atoms with E-state index >= 15 is 0 Å². The quantitative estimate of drug-likeness (QED) is 0.304. The topological polar surface area (TPSA) is 48.1 Å². The fourth-order valence-corrected chi connectivity index (χ4v) is 8.48. The molecule has 0 N–H and O–H groups in total. The summed E-state index contributed by atoms with van der Waals surface area (Å²) >= 11 is 0. The first kappa shape index (κ1) is 21.5. The molecule has 1 fully saturated rings. The fraction of sp³-hybridized carbons (Fsp3) is 0.375. The summed E-state index contributed by atoms with van der Waals surface area (Å²) in [7, 11) is -1.37. The maximum absolute atomic E-state index is 11.8. The van der Waals surface area contributed by atoms with Crippen LogP contribution in [0.2, 0.25) is 5.04 Å². The van der Waals surface area contributed by atoms with E-state index in [9.17, 15) is 4.79 Å². The first-order chi connectivity index (χ1) is 13.7. The predicted octanol–water partition coefficient (Wildman–Crippen LogP) is 3.45. The molecule has 2 atom stereocenters. The number of hydrogen-bond acceptors (Lipinski definition) is 4. The van der Waals surface area contributed by atoms with Crippen LogP contribution in [0.3, 0.4) is 0 Å². The van der Waals surface area contributed by atoms with Gasteiger partial charge in [0.1, 0.15) is 5.60 Å². The Hall–Kier alpha value is -2.21. The van der Waals surface area contributed by atoms with Crippen LogP contribution in [0.4, 0.5) is 0 Å². The number of carbonyl (C=O) groups is 1. The smallest absolute Gasteiger partial charge is 0.330 e. The Morgan fingerprint density at radius 3 is 1.93 bits per heavy atom. The van der Waals surface area contributed by atoms with E-state index < -0.39 is 19.9 Å². The van der Waals surface area contributed by atoms with Gasteiger partial charge in [0, 0.05) is 6.08 Å². The predicted molar refractivity (Wildman–Crippen MR) is 118 cm³/mol. The van der Waals surface area contributed by atoms with Gasteiger partial charge in [0.15, 0.2) is 0 Å². The summed E-state index contributed by atoms with van der Waals surface area (Å²) in [6.45, 7) is 9.32. The van der Waals surface area contributed by atoms with Gasteiger partial charge in [0.2, 0.25) is 0 Å². The van der Waals surface area contributed by atoms with Gasteiger partial charge >= 0.3 is 5.97 Å². The SMILES string of the molecule is COC(=O)/C=C/[C@@H](O[Si](c1ccccc1)(c1ccccc1)C(C)(C)C)[C@]1(C)CO1. The molecule has 1 aliphatic rings. The molecule has 1 aliphatic heterocycles. The highest BCUT2D eigenvalue weighted by Gasteiger charge is 2.56. The van der Waals surface area contributed by atoms with Crippen LogP contribution < -0.4 is 10.4 Å². The molecule has 0 radical (unpaired) electrons. The third kappa shape index (κ3) is 4.37. The summed E-state index contributed by atoms with van der Waals surface area (Å²) in [6, 6.07) is 20.9. The minimum Gasteiger partial charge on any atom is -0.466 e. The molecule has 0 aromatic heterocycles. The Bertz CT molecular complexity index is 812. The first-order valence-corrected chi connectivity index (χ1v) is 11.8. The Morgan fingerprint density at radius 1 is 1.07 bits per heavy atom. The lowest BCUT2D eigenvalue weighted by molar-refractivity contribution is -0.134. The van der Waals surface area contributed by atoms with Crippen molar-refractivity contribution in [2.45, 2.75) is 44.4 Å². The van der Waals surface area contributed by atoms with Gasteiger partial charge in [0.05, 0.1) is 19.8 Å². The lowest BCUT2D eigenvalue weighted by Crippen LogP contribution is -2.68. The summed E-state index contributed by atoms with van der Waals surface area (Å²) < 4.78 is 17.7. The van der Waals surface area contributed by atoms with Crippen LogP contribution in [0.1, 0.15) is 27.7 Å². The molecule has 2 aromatic carbocycles. The monoisotopic (exact) mass is 410 g/mol. The zero-order valence-corrected chi connectivity index (χ0v) is 18.8. The Kier molecular flexibility index (Phi) is 6.12. The van der Waals surface area contributed by atoms with Crippen molar-refractivity contribution in [3.8, 4) is 0 Å². The zero-order chi connectivity index (χ0) is 21.1. The third-order valence-electron chi connectivity index (χ3n) is 5.53. The van der Waals surface area contributed by atoms with Gasteiger partial charge in [0.25, 0.3) is 8.32 Å². The number of methoxy groups -OCH3 is 1. The summed E-state index contributed by atoms with van der Waals surface area (Å²) in [5.74, 6) is -0.398. The van der Waals surface area contributed by atoms with Crippen molar-refractivity contribution in [1.82, 2.24) is 0 Å². The highest BCUT2D eigenvalue weighted by molar-refractivity contribution is 6.99. The number of esters is 1. The maximum atomic E-state index is 11.8. The number of ether oxygens (including phenoxy) is 2. The second-order valence-electron chi connectivity index (χ2n) is 8.69. The Labute approximate surface area is 174 Å². The summed E-state index contributed by atoms with van der Waals surface area (Å²) in [5, 5.41) is 2.23. The number of benzene rings is 2. The summed E-state index contributed by atoms with van der Waals surface area (Å²) in [4.78, 5) is 11.8. The normalized spacial score (nSPS) is 20.4. The lowest BCUT2D eigenvalue weighted by atomic mass is 10.1. The Balaban J connectivity index is 2.16. The third-order valence-corrected chi connectivity index (χ3v) is 10.5. The van der Waals surface area contributed by atoms with E-state index in [0.29, 0.717) is 6.61 Å². The van der Waals surface area contributed by atoms with E-state index in [4.69, 9.17) is 13.9 Å². The molecule has 5 heteroatoms. The second kappa shape index (κ2) is 8.26. The van der Waals surface area contributed by atoms with Gasteiger partial charge in [-0.15, -0.1) is 0 Å². The molecule has 3 rings (SSSR count). The number of hydrogen-bond donors (Lipinski definition) is 0. The number of rotatable bonds is 7. The molecule has 29 heavy (non-hydrogen) atoms. The molecule has 0 amide bonds. The van der Waals surface area contributed by atoms with E-state index in [2.05, 4.69) is 69.3 Å². The van der Waals surface area contributed by atoms with E-state index in [0.717, 1.165) is 0 Å². The van der Waals surface area contributed by atoms with Crippen LogP contribution in [0.15, 0.2) is 72.8 Å². The number of epoxide rings is 1. The van der Waals surface area contributed by atoms with Gasteiger partial charge < -0.3 is 13.9 Å². The zero-order valence-electron chi connectivity index (χ0n) is 17.8. The lowest BCUT2D eigenvalue weighted by Gasteiger charge is -2.45. The molecule has 0 saturated carbocycles. The summed E-state index contributed by atoms with van der Waals surface area (Å²) in [5.41, 5.74) is -0.447. The average molecular weight is 411 g/mol. The summed E-state index contributed by atoms with van der Waals surface area (Å²) in [6.07, 6.45) is 2.86. The second-order valence-corrected chi connectivity index (χ2v) is 12.9. The van der Waals surface area contributed by atoms with Gasteiger partial charge in [-0.1, -0.05) is 81.4 Å². The minimum absolute atomic E-state index is 0.154. The number of carbonyl (C=O) groups excluding carboxylic acids is 1. The van der Waals surface area contributed by atoms with Gasteiger partial charge in [-0.25, -0.2) is 4.79 Å². The van der Waals surface area contributed by atoms with Crippen LogP contribution in [-0.4, -0.2) is 39.7 Å². The highest BCUT2D eigenvalue weighted by atomic mass is 28.4.